The fourth-order valence-electron chi connectivity index (χ4n) is 1.44. The summed E-state index contributed by atoms with van der Waals surface area (Å²) in [5.74, 6) is 0. The summed E-state index contributed by atoms with van der Waals surface area (Å²) in [6, 6.07) is 8.64. The quantitative estimate of drug-likeness (QED) is 0.475. The van der Waals surface area contributed by atoms with E-state index in [0.29, 0.717) is 4.05 Å². The Kier molecular flexibility index (Phi) is 2.58. The zero-order valence-corrected chi connectivity index (χ0v) is 9.71. The topological polar surface area (TPSA) is 12.0 Å². The molecular formula is C11H12IN. The van der Waals surface area contributed by atoms with Crippen LogP contribution in [0.5, 0.6) is 0 Å². The van der Waals surface area contributed by atoms with Gasteiger partial charge in [0, 0.05) is 5.70 Å². The monoisotopic (exact) mass is 285 g/mol. The number of hydrogen-bond donors (Lipinski definition) is 1. The summed E-state index contributed by atoms with van der Waals surface area (Å²) in [6.45, 7) is 2.11. The molecule has 68 valence electrons. The second-order valence-corrected chi connectivity index (χ2v) is 4.84. The Bertz CT molecular complexity index is 326. The van der Waals surface area contributed by atoms with Gasteiger partial charge in [-0.2, -0.15) is 0 Å². The van der Waals surface area contributed by atoms with Crippen LogP contribution in [0.2, 0.25) is 0 Å². The average Bonchev–Trinajstić information content (AvgIpc) is 2.53. The second-order valence-electron chi connectivity index (χ2n) is 3.33. The van der Waals surface area contributed by atoms with Crippen molar-refractivity contribution in [1.82, 2.24) is 5.32 Å². The van der Waals surface area contributed by atoms with Gasteiger partial charge in [-0.25, -0.2) is 0 Å². The van der Waals surface area contributed by atoms with Crippen LogP contribution in [0, 0.1) is 6.92 Å². The van der Waals surface area contributed by atoms with Crippen LogP contribution in [0.15, 0.2) is 30.3 Å². The van der Waals surface area contributed by atoms with E-state index in [0.717, 1.165) is 6.42 Å². The third-order valence-electron chi connectivity index (χ3n) is 2.20. The van der Waals surface area contributed by atoms with E-state index in [1.54, 1.807) is 0 Å². The van der Waals surface area contributed by atoms with Crippen LogP contribution in [0.3, 0.4) is 0 Å². The molecule has 0 radical (unpaired) electrons. The van der Waals surface area contributed by atoms with E-state index in [4.69, 9.17) is 0 Å². The van der Waals surface area contributed by atoms with Crippen molar-refractivity contribution in [2.24, 2.45) is 0 Å². The third kappa shape index (κ3) is 2.05. The van der Waals surface area contributed by atoms with E-state index < -0.39 is 0 Å². The Morgan fingerprint density at radius 3 is 2.54 bits per heavy atom. The summed E-state index contributed by atoms with van der Waals surface area (Å²) in [5.41, 5.74) is 3.89. The molecule has 1 heterocycles. The molecule has 1 aliphatic heterocycles. The molecule has 0 saturated heterocycles. The number of benzene rings is 1. The van der Waals surface area contributed by atoms with Gasteiger partial charge in [-0.1, -0.05) is 58.5 Å². The van der Waals surface area contributed by atoms with Crippen LogP contribution < -0.4 is 5.32 Å². The van der Waals surface area contributed by atoms with Gasteiger partial charge in [-0.3, -0.25) is 0 Å². The van der Waals surface area contributed by atoms with Gasteiger partial charge < -0.3 is 5.32 Å². The molecule has 0 saturated carbocycles. The van der Waals surface area contributed by atoms with Crippen molar-refractivity contribution in [3.63, 3.8) is 0 Å². The molecule has 0 spiro atoms. The highest BCUT2D eigenvalue weighted by Crippen LogP contribution is 2.22. The minimum Gasteiger partial charge on any atom is -0.373 e. The van der Waals surface area contributed by atoms with Gasteiger partial charge >= 0.3 is 0 Å². The molecule has 2 rings (SSSR count). The number of hydrogen-bond acceptors (Lipinski definition) is 1. The molecule has 1 unspecified atom stereocenters. The first-order chi connectivity index (χ1) is 6.25. The second kappa shape index (κ2) is 3.70. The van der Waals surface area contributed by atoms with Gasteiger partial charge in [-0.15, -0.1) is 0 Å². The van der Waals surface area contributed by atoms with E-state index in [1.807, 2.05) is 0 Å². The van der Waals surface area contributed by atoms with Crippen molar-refractivity contribution in [1.29, 1.82) is 0 Å². The molecule has 1 N–H and O–H groups in total. The highest BCUT2D eigenvalue weighted by Gasteiger charge is 2.12. The van der Waals surface area contributed by atoms with Gasteiger partial charge in [0.1, 0.15) is 0 Å². The fraction of sp³-hybridized carbons (Fsp3) is 0.273. The molecule has 1 aromatic rings. The third-order valence-corrected chi connectivity index (χ3v) is 3.02. The van der Waals surface area contributed by atoms with Crippen molar-refractivity contribution < 1.29 is 0 Å². The smallest absolute Gasteiger partial charge is 0.0816 e. The molecule has 1 aromatic carbocycles. The number of halogens is 1. The van der Waals surface area contributed by atoms with Crippen molar-refractivity contribution in [2.45, 2.75) is 17.4 Å². The molecule has 0 aromatic heterocycles. The average molecular weight is 285 g/mol. The molecule has 0 fully saturated rings. The Balaban J connectivity index is 2.22. The Morgan fingerprint density at radius 2 is 2.00 bits per heavy atom. The molecule has 1 nitrogen and oxygen atoms in total. The van der Waals surface area contributed by atoms with Gasteiger partial charge in [-0.05, 0) is 18.9 Å². The SMILES string of the molecule is Cc1ccc(C2=CCC(I)N2)cc1. The number of rotatable bonds is 1. The van der Waals surface area contributed by atoms with Gasteiger partial charge in [0.25, 0.3) is 0 Å². The molecule has 13 heavy (non-hydrogen) atoms. The van der Waals surface area contributed by atoms with E-state index in [1.165, 1.54) is 16.8 Å². The van der Waals surface area contributed by atoms with Crippen molar-refractivity contribution in [3.05, 3.63) is 41.5 Å². The summed E-state index contributed by atoms with van der Waals surface area (Å²) in [6.07, 6.45) is 3.39. The lowest BCUT2D eigenvalue weighted by atomic mass is 10.1. The van der Waals surface area contributed by atoms with Crippen LogP contribution in [0.25, 0.3) is 5.70 Å². The highest BCUT2D eigenvalue weighted by atomic mass is 127. The molecular weight excluding hydrogens is 273 g/mol. The highest BCUT2D eigenvalue weighted by molar-refractivity contribution is 14.1. The van der Waals surface area contributed by atoms with Crippen LogP contribution >= 0.6 is 22.6 Å². The zero-order valence-electron chi connectivity index (χ0n) is 7.55. The minimum absolute atomic E-state index is 0.564. The summed E-state index contributed by atoms with van der Waals surface area (Å²) in [5, 5.41) is 3.44. The number of alkyl halides is 1. The maximum atomic E-state index is 3.44. The van der Waals surface area contributed by atoms with Crippen LogP contribution in [-0.4, -0.2) is 4.05 Å². The summed E-state index contributed by atoms with van der Waals surface area (Å²) < 4.78 is 0.564. The standard InChI is InChI=1S/C11H12IN/c1-8-2-4-9(5-3-8)10-6-7-11(12)13-10/h2-6,11,13H,7H2,1H3. The minimum atomic E-state index is 0.564. The lowest BCUT2D eigenvalue weighted by Gasteiger charge is -2.07. The van der Waals surface area contributed by atoms with E-state index in [2.05, 4.69) is 65.2 Å². The predicted molar refractivity (Wildman–Crippen MR) is 64.7 cm³/mol. The fourth-order valence-corrected chi connectivity index (χ4v) is 2.03. The molecule has 0 amide bonds. The lowest BCUT2D eigenvalue weighted by Crippen LogP contribution is -2.14. The van der Waals surface area contributed by atoms with Crippen LogP contribution in [0.4, 0.5) is 0 Å². The van der Waals surface area contributed by atoms with Crippen molar-refractivity contribution in [3.8, 4) is 0 Å². The largest absolute Gasteiger partial charge is 0.373 e. The predicted octanol–water partition coefficient (Wildman–Crippen LogP) is 3.09. The molecule has 1 atom stereocenters. The first-order valence-electron chi connectivity index (χ1n) is 4.43. The van der Waals surface area contributed by atoms with Crippen LogP contribution in [-0.2, 0) is 0 Å². The Hall–Kier alpha value is -0.510. The maximum absolute atomic E-state index is 3.44. The summed E-state index contributed by atoms with van der Waals surface area (Å²) in [7, 11) is 0. The summed E-state index contributed by atoms with van der Waals surface area (Å²) >= 11 is 2.42. The van der Waals surface area contributed by atoms with Gasteiger partial charge in [0.05, 0.1) is 4.05 Å². The normalized spacial score (nSPS) is 21.1. The molecule has 0 bridgehead atoms. The maximum Gasteiger partial charge on any atom is 0.0816 e. The van der Waals surface area contributed by atoms with Crippen molar-refractivity contribution >= 4 is 28.3 Å². The Morgan fingerprint density at radius 1 is 1.31 bits per heavy atom. The number of aryl methyl sites for hydroxylation is 1. The van der Waals surface area contributed by atoms with E-state index in [9.17, 15) is 0 Å². The molecule has 0 aliphatic carbocycles. The molecule has 1 aliphatic rings. The van der Waals surface area contributed by atoms with Crippen LogP contribution in [0.1, 0.15) is 17.5 Å². The Labute approximate surface area is 92.4 Å². The first kappa shape index (κ1) is 9.06. The van der Waals surface area contributed by atoms with E-state index in [-0.39, 0.29) is 0 Å². The van der Waals surface area contributed by atoms with E-state index >= 15 is 0 Å². The first-order valence-corrected chi connectivity index (χ1v) is 5.68. The number of nitrogens with one attached hydrogen (secondary N) is 1. The lowest BCUT2D eigenvalue weighted by molar-refractivity contribution is 0.893. The van der Waals surface area contributed by atoms with Crippen molar-refractivity contribution in [2.75, 3.05) is 0 Å². The zero-order chi connectivity index (χ0) is 9.26. The van der Waals surface area contributed by atoms with Gasteiger partial charge in [0.15, 0.2) is 0 Å². The summed E-state index contributed by atoms with van der Waals surface area (Å²) in [4.78, 5) is 0. The van der Waals surface area contributed by atoms with Gasteiger partial charge in [0.2, 0.25) is 0 Å². The molecule has 2 heteroatoms.